The van der Waals surface area contributed by atoms with E-state index in [0.717, 1.165) is 43.8 Å². The van der Waals surface area contributed by atoms with E-state index in [-0.39, 0.29) is 0 Å². The Labute approximate surface area is 109 Å². The first kappa shape index (κ1) is 13.1. The maximum absolute atomic E-state index is 9.10. The predicted octanol–water partition coefficient (Wildman–Crippen LogP) is 2.56. The van der Waals surface area contributed by atoms with Crippen LogP contribution in [0.1, 0.15) is 30.9 Å². The topological polar surface area (TPSA) is 36.3 Å². The Morgan fingerprint density at radius 3 is 2.94 bits per heavy atom. The molecule has 0 radical (unpaired) electrons. The zero-order valence-electron chi connectivity index (χ0n) is 10.9. The molecule has 0 amide bonds. The zero-order valence-corrected chi connectivity index (χ0v) is 10.9. The molecule has 2 rings (SSSR count). The Balaban J connectivity index is 1.98. The molecule has 1 atom stereocenters. The van der Waals surface area contributed by atoms with Crippen molar-refractivity contribution in [2.45, 2.75) is 32.4 Å². The molecule has 1 aliphatic heterocycles. The van der Waals surface area contributed by atoms with Crippen LogP contribution in [0.3, 0.4) is 0 Å². The van der Waals surface area contributed by atoms with Crippen LogP contribution in [0.5, 0.6) is 0 Å². The quantitative estimate of drug-likeness (QED) is 0.798. The summed E-state index contributed by atoms with van der Waals surface area (Å²) in [5.41, 5.74) is 1.89. The summed E-state index contributed by atoms with van der Waals surface area (Å²) in [5, 5.41) is 9.10. The fourth-order valence-electron chi connectivity index (χ4n) is 2.39. The molecule has 0 N–H and O–H groups in total. The number of nitriles is 1. The van der Waals surface area contributed by atoms with Gasteiger partial charge in [0.15, 0.2) is 0 Å². The molecular weight excluding hydrogens is 224 g/mol. The number of hydrogen-bond donors (Lipinski definition) is 0. The highest BCUT2D eigenvalue weighted by atomic mass is 16.5. The maximum Gasteiger partial charge on any atom is 0.0995 e. The van der Waals surface area contributed by atoms with Crippen LogP contribution < -0.4 is 0 Å². The van der Waals surface area contributed by atoms with Gasteiger partial charge in [0.25, 0.3) is 0 Å². The van der Waals surface area contributed by atoms with Crippen molar-refractivity contribution in [3.63, 3.8) is 0 Å². The third-order valence-corrected chi connectivity index (χ3v) is 3.46. The van der Waals surface area contributed by atoms with E-state index in [0.29, 0.717) is 6.10 Å². The molecule has 1 aliphatic rings. The molecular formula is C15H20N2O. The minimum Gasteiger partial charge on any atom is -0.377 e. The molecule has 96 valence electrons. The van der Waals surface area contributed by atoms with Crippen LogP contribution in [-0.4, -0.2) is 30.7 Å². The Hall–Kier alpha value is -1.37. The molecule has 1 fully saturated rings. The second-order valence-electron chi connectivity index (χ2n) is 4.73. The molecule has 3 heteroatoms. The predicted molar refractivity (Wildman–Crippen MR) is 71.1 cm³/mol. The molecule has 1 heterocycles. The van der Waals surface area contributed by atoms with Crippen molar-refractivity contribution < 1.29 is 4.74 Å². The first-order chi connectivity index (χ1) is 8.83. The van der Waals surface area contributed by atoms with E-state index < -0.39 is 0 Å². The van der Waals surface area contributed by atoms with Gasteiger partial charge in [0.2, 0.25) is 0 Å². The van der Waals surface area contributed by atoms with Crippen LogP contribution in [0.25, 0.3) is 0 Å². The van der Waals surface area contributed by atoms with Gasteiger partial charge in [0.05, 0.1) is 17.7 Å². The number of hydrogen-bond acceptors (Lipinski definition) is 3. The van der Waals surface area contributed by atoms with Gasteiger partial charge in [-0.25, -0.2) is 0 Å². The lowest BCUT2D eigenvalue weighted by molar-refractivity contribution is 0.0724. The Morgan fingerprint density at radius 1 is 1.44 bits per heavy atom. The number of ether oxygens (including phenoxy) is 1. The fraction of sp³-hybridized carbons (Fsp3) is 0.533. The molecule has 18 heavy (non-hydrogen) atoms. The fourth-order valence-corrected chi connectivity index (χ4v) is 2.39. The van der Waals surface area contributed by atoms with Crippen LogP contribution in [0.15, 0.2) is 24.3 Å². The van der Waals surface area contributed by atoms with Crippen LogP contribution in [0.2, 0.25) is 0 Å². The van der Waals surface area contributed by atoms with Crippen LogP contribution >= 0.6 is 0 Å². The number of nitrogens with zero attached hydrogens (tertiary/aromatic N) is 2. The van der Waals surface area contributed by atoms with Gasteiger partial charge in [-0.05, 0) is 31.0 Å². The first-order valence-corrected chi connectivity index (χ1v) is 6.65. The van der Waals surface area contributed by atoms with E-state index >= 15 is 0 Å². The molecule has 0 saturated carbocycles. The highest BCUT2D eigenvalue weighted by molar-refractivity contribution is 5.37. The van der Waals surface area contributed by atoms with Crippen molar-refractivity contribution in [2.75, 3.05) is 19.7 Å². The van der Waals surface area contributed by atoms with Gasteiger partial charge in [0, 0.05) is 19.7 Å². The molecule has 0 aromatic heterocycles. The summed E-state index contributed by atoms with van der Waals surface area (Å²) in [6, 6.07) is 10.1. The standard InChI is InChI=1S/C15H20N2O/c1-2-17(12-15-8-5-9-18-15)11-14-7-4-3-6-13(14)10-16/h3-4,6-7,15H,2,5,8-9,11-12H2,1H3. The number of likely N-dealkylation sites (N-methyl/N-ethyl adjacent to an activating group) is 1. The summed E-state index contributed by atoms with van der Waals surface area (Å²) in [4.78, 5) is 2.35. The normalized spacial score (nSPS) is 19.1. The smallest absolute Gasteiger partial charge is 0.0995 e. The van der Waals surface area contributed by atoms with Crippen LogP contribution in [0.4, 0.5) is 0 Å². The van der Waals surface area contributed by atoms with Gasteiger partial charge >= 0.3 is 0 Å². The Morgan fingerprint density at radius 2 is 2.28 bits per heavy atom. The molecule has 0 bridgehead atoms. The van der Waals surface area contributed by atoms with E-state index in [1.807, 2.05) is 24.3 Å². The van der Waals surface area contributed by atoms with Gasteiger partial charge in [-0.2, -0.15) is 5.26 Å². The van der Waals surface area contributed by atoms with Gasteiger partial charge in [-0.15, -0.1) is 0 Å². The zero-order chi connectivity index (χ0) is 12.8. The largest absolute Gasteiger partial charge is 0.377 e. The molecule has 3 nitrogen and oxygen atoms in total. The van der Waals surface area contributed by atoms with Crippen molar-refractivity contribution in [1.82, 2.24) is 4.90 Å². The second kappa shape index (κ2) is 6.53. The van der Waals surface area contributed by atoms with Gasteiger partial charge in [-0.3, -0.25) is 4.90 Å². The van der Waals surface area contributed by atoms with Crippen LogP contribution in [-0.2, 0) is 11.3 Å². The van der Waals surface area contributed by atoms with E-state index in [1.165, 1.54) is 6.42 Å². The molecule has 1 saturated heterocycles. The Kier molecular flexibility index (Phi) is 4.74. The highest BCUT2D eigenvalue weighted by Gasteiger charge is 2.18. The molecule has 1 aromatic carbocycles. The van der Waals surface area contributed by atoms with Crippen molar-refractivity contribution >= 4 is 0 Å². The summed E-state index contributed by atoms with van der Waals surface area (Å²) < 4.78 is 5.67. The number of benzene rings is 1. The third kappa shape index (κ3) is 3.32. The van der Waals surface area contributed by atoms with Gasteiger partial charge in [0.1, 0.15) is 0 Å². The summed E-state index contributed by atoms with van der Waals surface area (Å²) >= 11 is 0. The lowest BCUT2D eigenvalue weighted by Gasteiger charge is -2.24. The minimum absolute atomic E-state index is 0.374. The summed E-state index contributed by atoms with van der Waals surface area (Å²) in [5.74, 6) is 0. The monoisotopic (exact) mass is 244 g/mol. The van der Waals surface area contributed by atoms with E-state index in [2.05, 4.69) is 17.9 Å². The summed E-state index contributed by atoms with van der Waals surface area (Å²) in [6.07, 6.45) is 2.71. The van der Waals surface area contributed by atoms with Gasteiger partial charge in [-0.1, -0.05) is 25.1 Å². The second-order valence-corrected chi connectivity index (χ2v) is 4.73. The van der Waals surface area contributed by atoms with Crippen LogP contribution in [0, 0.1) is 11.3 Å². The van der Waals surface area contributed by atoms with Crippen molar-refractivity contribution in [1.29, 1.82) is 5.26 Å². The SMILES string of the molecule is CCN(Cc1ccccc1C#N)CC1CCCO1. The molecule has 0 spiro atoms. The average Bonchev–Trinajstić information content (AvgIpc) is 2.91. The maximum atomic E-state index is 9.10. The molecule has 0 aliphatic carbocycles. The van der Waals surface area contributed by atoms with Crippen molar-refractivity contribution in [3.8, 4) is 6.07 Å². The lowest BCUT2D eigenvalue weighted by Crippen LogP contribution is -2.31. The minimum atomic E-state index is 0.374. The first-order valence-electron chi connectivity index (χ1n) is 6.65. The number of rotatable bonds is 5. The molecule has 1 aromatic rings. The van der Waals surface area contributed by atoms with E-state index in [4.69, 9.17) is 10.00 Å². The highest BCUT2D eigenvalue weighted by Crippen LogP contribution is 2.16. The average molecular weight is 244 g/mol. The molecule has 1 unspecified atom stereocenters. The summed E-state index contributed by atoms with van der Waals surface area (Å²) in [7, 11) is 0. The lowest BCUT2D eigenvalue weighted by atomic mass is 10.1. The van der Waals surface area contributed by atoms with Crippen molar-refractivity contribution in [2.24, 2.45) is 0 Å². The van der Waals surface area contributed by atoms with Crippen molar-refractivity contribution in [3.05, 3.63) is 35.4 Å². The third-order valence-electron chi connectivity index (χ3n) is 3.46. The Bertz CT molecular complexity index is 419. The van der Waals surface area contributed by atoms with E-state index in [9.17, 15) is 0 Å². The van der Waals surface area contributed by atoms with E-state index in [1.54, 1.807) is 0 Å². The summed E-state index contributed by atoms with van der Waals surface area (Å²) in [6.45, 7) is 5.84. The van der Waals surface area contributed by atoms with Gasteiger partial charge < -0.3 is 4.74 Å².